The maximum Gasteiger partial charge on any atom is 0.321 e. The summed E-state index contributed by atoms with van der Waals surface area (Å²) in [5.74, 6) is 0.646. The Morgan fingerprint density at radius 2 is 1.58 bits per heavy atom. The van der Waals surface area contributed by atoms with Gasteiger partial charge in [0.15, 0.2) is 4.73 Å². The molecule has 3 rings (SSSR count). The van der Waals surface area contributed by atoms with Gasteiger partial charge in [-0.2, -0.15) is 9.97 Å². The molecule has 0 radical (unpaired) electrons. The molecule has 1 aromatic carbocycles. The van der Waals surface area contributed by atoms with Gasteiger partial charge in [-0.05, 0) is 78.5 Å². The van der Waals surface area contributed by atoms with Gasteiger partial charge in [-0.15, -0.1) is 10.2 Å². The number of aromatic nitrogens is 6. The second kappa shape index (κ2) is 8.41. The van der Waals surface area contributed by atoms with E-state index >= 15 is 0 Å². The largest absolute Gasteiger partial charge is 0.424 e. The molecule has 0 unspecified atom stereocenters. The van der Waals surface area contributed by atoms with Gasteiger partial charge in [-0.1, -0.05) is 11.6 Å². The van der Waals surface area contributed by atoms with Crippen LogP contribution in [-0.2, 0) is 14.1 Å². The van der Waals surface area contributed by atoms with Crippen molar-refractivity contribution in [3.05, 3.63) is 43.0 Å². The molecule has 0 fully saturated rings. The number of nitrogens with zero attached hydrogens (tertiary/aromatic N) is 6. The van der Waals surface area contributed by atoms with E-state index < -0.39 is 0 Å². The lowest BCUT2D eigenvalue weighted by Gasteiger charge is -2.05. The summed E-state index contributed by atoms with van der Waals surface area (Å²) in [5.41, 5.74) is 1.03. The molecule has 2 aromatic heterocycles. The van der Waals surface area contributed by atoms with Gasteiger partial charge >= 0.3 is 6.01 Å². The number of halogens is 4. The van der Waals surface area contributed by atoms with Crippen LogP contribution in [0.15, 0.2) is 32.4 Å². The van der Waals surface area contributed by atoms with E-state index in [1.165, 1.54) is 0 Å². The van der Waals surface area contributed by atoms with Crippen LogP contribution in [0.4, 0.5) is 0 Å². The molecule has 0 spiro atoms. The van der Waals surface area contributed by atoms with Gasteiger partial charge < -0.3 is 4.74 Å². The normalized spacial score (nSPS) is 10.3. The average molecular weight is 543 g/mol. The maximum atomic E-state index is 5.93. The quantitative estimate of drug-likeness (QED) is 0.470. The van der Waals surface area contributed by atoms with Crippen molar-refractivity contribution in [2.24, 2.45) is 14.1 Å². The van der Waals surface area contributed by atoms with Crippen molar-refractivity contribution in [3.8, 4) is 11.8 Å². The lowest BCUT2D eigenvalue weighted by Crippen LogP contribution is -1.96. The second-order valence-electron chi connectivity index (χ2n) is 4.63. The van der Waals surface area contributed by atoms with Gasteiger partial charge in [-0.3, -0.25) is 0 Å². The third kappa shape index (κ3) is 5.54. The molecule has 128 valence electrons. The third-order valence-electron chi connectivity index (χ3n) is 2.61. The second-order valence-corrected chi connectivity index (χ2v) is 7.19. The Labute approximate surface area is 168 Å². The highest BCUT2D eigenvalue weighted by Crippen LogP contribution is 2.25. The van der Waals surface area contributed by atoms with Crippen LogP contribution in [0.1, 0.15) is 5.56 Å². The molecule has 2 heterocycles. The summed E-state index contributed by atoms with van der Waals surface area (Å²) in [4.78, 5) is 7.96. The first-order valence-corrected chi connectivity index (χ1v) is 9.24. The highest BCUT2D eigenvalue weighted by atomic mass is 79.9. The van der Waals surface area contributed by atoms with E-state index in [0.717, 1.165) is 10.3 Å². The van der Waals surface area contributed by atoms with Crippen molar-refractivity contribution in [3.63, 3.8) is 0 Å². The van der Waals surface area contributed by atoms with Crippen LogP contribution in [0.25, 0.3) is 0 Å². The summed E-state index contributed by atoms with van der Waals surface area (Å²) in [6.07, 6.45) is 0. The summed E-state index contributed by atoms with van der Waals surface area (Å²) < 4.78 is 10.6. The van der Waals surface area contributed by atoms with Crippen LogP contribution in [0.5, 0.6) is 11.8 Å². The zero-order valence-corrected chi connectivity index (χ0v) is 18.3. The van der Waals surface area contributed by atoms with Gasteiger partial charge in [0.05, 0.1) is 0 Å². The summed E-state index contributed by atoms with van der Waals surface area (Å²) in [7, 11) is 3.56. The number of ether oxygens (including phenoxy) is 1. The first-order valence-electron chi connectivity index (χ1n) is 6.48. The molecule has 0 N–H and O–H groups in total. The highest BCUT2D eigenvalue weighted by molar-refractivity contribution is 9.11. The fourth-order valence-corrected chi connectivity index (χ4v) is 3.19. The summed E-state index contributed by atoms with van der Waals surface area (Å²) in [6, 6.07) is 5.89. The van der Waals surface area contributed by atoms with E-state index in [9.17, 15) is 0 Å². The van der Waals surface area contributed by atoms with Crippen molar-refractivity contribution in [2.45, 2.75) is 6.92 Å². The van der Waals surface area contributed by atoms with Crippen LogP contribution in [0, 0.1) is 6.92 Å². The highest BCUT2D eigenvalue weighted by Gasteiger charge is 2.08. The van der Waals surface area contributed by atoms with E-state index in [0.29, 0.717) is 26.2 Å². The standard InChI is InChI=1S/C10H9BrClN3O.C3H3Br2N3/c1-6-3-7(12)5-8(4-6)16-10-13-9(11)14-15(10)2;1-8-3(5)6-2(4)7-8/h3-5H,1-2H3;1H3. The molecule has 0 aliphatic heterocycles. The third-order valence-corrected chi connectivity index (χ3v) is 4.19. The lowest BCUT2D eigenvalue weighted by molar-refractivity contribution is 0.414. The van der Waals surface area contributed by atoms with Crippen LogP contribution in [0.3, 0.4) is 0 Å². The number of hydrogen-bond acceptors (Lipinski definition) is 5. The molecule has 24 heavy (non-hydrogen) atoms. The van der Waals surface area contributed by atoms with Crippen LogP contribution < -0.4 is 4.74 Å². The Morgan fingerprint density at radius 1 is 0.958 bits per heavy atom. The van der Waals surface area contributed by atoms with E-state index in [1.54, 1.807) is 22.5 Å². The van der Waals surface area contributed by atoms with E-state index in [4.69, 9.17) is 16.3 Å². The zero-order valence-electron chi connectivity index (χ0n) is 12.8. The van der Waals surface area contributed by atoms with Crippen molar-refractivity contribution in [1.82, 2.24) is 29.5 Å². The fourth-order valence-electron chi connectivity index (χ4n) is 1.63. The topological polar surface area (TPSA) is 70.7 Å². The molecule has 0 aliphatic carbocycles. The zero-order chi connectivity index (χ0) is 17.9. The summed E-state index contributed by atoms with van der Waals surface area (Å²) in [5, 5.41) is 8.54. The first kappa shape index (κ1) is 19.4. The number of benzene rings is 1. The average Bonchev–Trinajstić information content (AvgIpc) is 2.90. The van der Waals surface area contributed by atoms with Crippen LogP contribution >= 0.6 is 59.4 Å². The predicted molar refractivity (Wildman–Crippen MR) is 101 cm³/mol. The van der Waals surface area contributed by atoms with Crippen molar-refractivity contribution in [2.75, 3.05) is 0 Å². The molecule has 0 bridgehead atoms. The van der Waals surface area contributed by atoms with Crippen molar-refractivity contribution < 1.29 is 4.74 Å². The number of rotatable bonds is 2. The minimum atomic E-state index is 0.411. The minimum absolute atomic E-state index is 0.411. The van der Waals surface area contributed by atoms with E-state index in [-0.39, 0.29) is 0 Å². The molecule has 0 aliphatic rings. The predicted octanol–water partition coefficient (Wildman–Crippen LogP) is 4.67. The number of hydrogen-bond donors (Lipinski definition) is 0. The Morgan fingerprint density at radius 3 is 2.00 bits per heavy atom. The molecule has 3 aromatic rings. The van der Waals surface area contributed by atoms with Crippen LogP contribution in [-0.4, -0.2) is 29.5 Å². The first-order chi connectivity index (χ1) is 11.2. The van der Waals surface area contributed by atoms with Gasteiger partial charge in [0, 0.05) is 19.1 Å². The van der Waals surface area contributed by atoms with E-state index in [2.05, 4.69) is 68.0 Å². The molecule has 0 saturated heterocycles. The van der Waals surface area contributed by atoms with Crippen molar-refractivity contribution >= 4 is 59.4 Å². The Hall–Kier alpha value is -0.970. The van der Waals surface area contributed by atoms with Crippen LogP contribution in [0.2, 0.25) is 5.02 Å². The molecular formula is C13H12Br3ClN6O. The van der Waals surface area contributed by atoms with Gasteiger partial charge in [-0.25, -0.2) is 9.36 Å². The Balaban J connectivity index is 0.000000219. The minimum Gasteiger partial charge on any atom is -0.424 e. The Bertz CT molecular complexity index is 811. The molecule has 11 heteroatoms. The van der Waals surface area contributed by atoms with Gasteiger partial charge in [0.2, 0.25) is 9.47 Å². The fraction of sp³-hybridized carbons (Fsp3) is 0.231. The van der Waals surface area contributed by atoms with E-state index in [1.807, 2.05) is 26.1 Å². The van der Waals surface area contributed by atoms with Gasteiger partial charge in [0.25, 0.3) is 0 Å². The molecule has 7 nitrogen and oxygen atoms in total. The molecule has 0 amide bonds. The Kier molecular flexibility index (Phi) is 6.79. The maximum absolute atomic E-state index is 5.93. The molecular weight excluding hydrogens is 531 g/mol. The monoisotopic (exact) mass is 540 g/mol. The number of aryl methyl sites for hydroxylation is 3. The lowest BCUT2D eigenvalue weighted by atomic mass is 10.2. The smallest absolute Gasteiger partial charge is 0.321 e. The summed E-state index contributed by atoms with van der Waals surface area (Å²) in [6.45, 7) is 1.95. The summed E-state index contributed by atoms with van der Waals surface area (Å²) >= 11 is 15.4. The SMILES string of the molecule is Cc1cc(Cl)cc(Oc2nc(Br)nn2C)c1.Cn1nc(Br)nc1Br. The molecule has 0 saturated carbocycles. The van der Waals surface area contributed by atoms with Gasteiger partial charge in [0.1, 0.15) is 5.75 Å². The molecule has 0 atom stereocenters. The van der Waals surface area contributed by atoms with Crippen molar-refractivity contribution in [1.29, 1.82) is 0 Å².